The van der Waals surface area contributed by atoms with E-state index in [4.69, 9.17) is 4.84 Å². The van der Waals surface area contributed by atoms with Gasteiger partial charge in [0.25, 0.3) is 0 Å². The zero-order chi connectivity index (χ0) is 12.4. The van der Waals surface area contributed by atoms with E-state index in [1.54, 1.807) is 0 Å². The molecule has 98 valence electrons. The number of aliphatic hydroxyl groups is 1. The Kier molecular flexibility index (Phi) is 3.64. The van der Waals surface area contributed by atoms with Crippen molar-refractivity contribution in [2.45, 2.75) is 44.4 Å². The van der Waals surface area contributed by atoms with Crippen LogP contribution in [0.4, 0.5) is 0 Å². The summed E-state index contributed by atoms with van der Waals surface area (Å²) in [5.41, 5.74) is 1.24. The molecule has 1 aliphatic heterocycles. The summed E-state index contributed by atoms with van der Waals surface area (Å²) in [6.07, 6.45) is 5.21. The van der Waals surface area contributed by atoms with Crippen molar-refractivity contribution < 1.29 is 9.94 Å². The largest absolute Gasteiger partial charge is 0.395 e. The fourth-order valence-corrected chi connectivity index (χ4v) is 3.31. The van der Waals surface area contributed by atoms with E-state index in [0.717, 1.165) is 13.0 Å². The molecule has 0 amide bonds. The molecule has 3 atom stereocenters. The van der Waals surface area contributed by atoms with Gasteiger partial charge in [-0.05, 0) is 18.4 Å². The molecule has 1 aromatic carbocycles. The van der Waals surface area contributed by atoms with Crippen molar-refractivity contribution in [3.8, 4) is 0 Å². The van der Waals surface area contributed by atoms with Gasteiger partial charge in [0.15, 0.2) is 0 Å². The normalized spacial score (nSPS) is 32.4. The Bertz CT molecular complexity index is 381. The van der Waals surface area contributed by atoms with Crippen molar-refractivity contribution >= 4 is 0 Å². The second kappa shape index (κ2) is 5.39. The highest BCUT2D eigenvalue weighted by molar-refractivity contribution is 5.14. The fraction of sp³-hybridized carbons (Fsp3) is 0.600. The number of aliphatic hydroxyl groups excluding tert-OH is 1. The van der Waals surface area contributed by atoms with E-state index in [2.05, 4.69) is 12.1 Å². The van der Waals surface area contributed by atoms with Gasteiger partial charge in [0.1, 0.15) is 0 Å². The predicted octanol–water partition coefficient (Wildman–Crippen LogP) is 2.35. The van der Waals surface area contributed by atoms with E-state index < -0.39 is 0 Å². The predicted molar refractivity (Wildman–Crippen MR) is 69.7 cm³/mol. The van der Waals surface area contributed by atoms with Crippen molar-refractivity contribution in [1.82, 2.24) is 5.06 Å². The topological polar surface area (TPSA) is 32.7 Å². The molecular weight excluding hydrogens is 226 g/mol. The Hall–Kier alpha value is -0.900. The van der Waals surface area contributed by atoms with Crippen molar-refractivity contribution in [3.05, 3.63) is 35.9 Å². The van der Waals surface area contributed by atoms with Gasteiger partial charge >= 0.3 is 0 Å². The second-order valence-electron chi connectivity index (χ2n) is 5.40. The van der Waals surface area contributed by atoms with Crippen LogP contribution in [0.5, 0.6) is 0 Å². The number of fused-ring (bicyclic) bond motifs is 1. The van der Waals surface area contributed by atoms with Gasteiger partial charge in [0, 0.05) is 12.5 Å². The Morgan fingerprint density at radius 3 is 2.72 bits per heavy atom. The Morgan fingerprint density at radius 1 is 1.17 bits per heavy atom. The van der Waals surface area contributed by atoms with E-state index in [1.165, 1.54) is 24.8 Å². The maximum Gasteiger partial charge on any atom is 0.0838 e. The molecule has 1 saturated heterocycles. The van der Waals surface area contributed by atoms with Gasteiger partial charge in [-0.3, -0.25) is 4.84 Å². The molecule has 3 heteroatoms. The molecule has 3 nitrogen and oxygen atoms in total. The molecule has 2 aliphatic rings. The number of hydrogen-bond donors (Lipinski definition) is 1. The van der Waals surface area contributed by atoms with Crippen LogP contribution in [-0.2, 0) is 11.4 Å². The molecule has 3 rings (SSSR count). The second-order valence-corrected chi connectivity index (χ2v) is 5.40. The van der Waals surface area contributed by atoms with Crippen LogP contribution in [0.3, 0.4) is 0 Å². The van der Waals surface area contributed by atoms with E-state index in [-0.39, 0.29) is 12.6 Å². The molecule has 0 aromatic heterocycles. The van der Waals surface area contributed by atoms with Gasteiger partial charge in [-0.15, -0.1) is 0 Å². The van der Waals surface area contributed by atoms with E-state index >= 15 is 0 Å². The summed E-state index contributed by atoms with van der Waals surface area (Å²) in [6.45, 7) is 0.979. The minimum Gasteiger partial charge on any atom is -0.395 e. The molecule has 0 radical (unpaired) electrons. The summed E-state index contributed by atoms with van der Waals surface area (Å²) in [4.78, 5) is 6.05. The maximum absolute atomic E-state index is 9.63. The highest BCUT2D eigenvalue weighted by Crippen LogP contribution is 2.38. The molecule has 1 saturated carbocycles. The van der Waals surface area contributed by atoms with Gasteiger partial charge in [-0.2, -0.15) is 5.06 Å². The van der Waals surface area contributed by atoms with Crippen molar-refractivity contribution in [2.24, 2.45) is 5.92 Å². The van der Waals surface area contributed by atoms with Crippen LogP contribution in [0, 0.1) is 5.92 Å². The summed E-state index contributed by atoms with van der Waals surface area (Å²) >= 11 is 0. The third-order valence-corrected chi connectivity index (χ3v) is 4.26. The quantitative estimate of drug-likeness (QED) is 0.890. The fourth-order valence-electron chi connectivity index (χ4n) is 3.31. The smallest absolute Gasteiger partial charge is 0.0838 e. The molecule has 1 aromatic rings. The molecule has 18 heavy (non-hydrogen) atoms. The minimum absolute atomic E-state index is 0.176. The first-order valence-corrected chi connectivity index (χ1v) is 6.96. The SMILES string of the molecule is OC[C@H]1[C@@H]2CCCC[C@@H]2ON1Cc1ccccc1. The Morgan fingerprint density at radius 2 is 1.94 bits per heavy atom. The van der Waals surface area contributed by atoms with Gasteiger partial charge in [0.05, 0.1) is 18.8 Å². The Balaban J connectivity index is 1.72. The van der Waals surface area contributed by atoms with Gasteiger partial charge in [-0.25, -0.2) is 0 Å². The first-order chi connectivity index (χ1) is 8.88. The highest BCUT2D eigenvalue weighted by atomic mass is 16.7. The third-order valence-electron chi connectivity index (χ3n) is 4.26. The number of nitrogens with zero attached hydrogens (tertiary/aromatic N) is 1. The van der Waals surface area contributed by atoms with Crippen molar-refractivity contribution in [2.75, 3.05) is 6.61 Å². The minimum atomic E-state index is 0.176. The van der Waals surface area contributed by atoms with Crippen molar-refractivity contribution in [3.63, 3.8) is 0 Å². The molecule has 1 N–H and O–H groups in total. The molecule has 0 bridgehead atoms. The zero-order valence-corrected chi connectivity index (χ0v) is 10.7. The molecule has 1 aliphatic carbocycles. The zero-order valence-electron chi connectivity index (χ0n) is 10.7. The van der Waals surface area contributed by atoms with Crippen LogP contribution in [0.1, 0.15) is 31.2 Å². The molecule has 0 spiro atoms. The van der Waals surface area contributed by atoms with Gasteiger partial charge in [-0.1, -0.05) is 43.2 Å². The number of benzene rings is 1. The Labute approximate surface area is 108 Å². The van der Waals surface area contributed by atoms with Crippen LogP contribution < -0.4 is 0 Å². The van der Waals surface area contributed by atoms with Crippen molar-refractivity contribution in [1.29, 1.82) is 0 Å². The number of rotatable bonds is 3. The average Bonchev–Trinajstić information content (AvgIpc) is 2.77. The number of hydroxylamine groups is 2. The standard InChI is InChI=1S/C15H21NO2/c17-11-14-13-8-4-5-9-15(13)18-16(14)10-12-6-2-1-3-7-12/h1-3,6-7,13-15,17H,4-5,8-11H2/t13-,14-,15-/m0/s1. The van der Waals surface area contributed by atoms with Crippen LogP contribution in [0.25, 0.3) is 0 Å². The lowest BCUT2D eigenvalue weighted by Crippen LogP contribution is -2.35. The summed E-state index contributed by atoms with van der Waals surface area (Å²) in [6, 6.07) is 10.5. The summed E-state index contributed by atoms with van der Waals surface area (Å²) < 4.78 is 0. The van der Waals surface area contributed by atoms with Gasteiger partial charge in [0.2, 0.25) is 0 Å². The lowest BCUT2D eigenvalue weighted by Gasteiger charge is -2.25. The summed E-state index contributed by atoms with van der Waals surface area (Å²) in [5, 5.41) is 11.6. The monoisotopic (exact) mass is 247 g/mol. The van der Waals surface area contributed by atoms with Crippen LogP contribution in [0.15, 0.2) is 30.3 Å². The molecule has 1 heterocycles. The van der Waals surface area contributed by atoms with E-state index in [0.29, 0.717) is 12.0 Å². The average molecular weight is 247 g/mol. The molecule has 0 unspecified atom stereocenters. The first-order valence-electron chi connectivity index (χ1n) is 6.96. The van der Waals surface area contributed by atoms with Crippen LogP contribution in [-0.4, -0.2) is 28.9 Å². The molecular formula is C15H21NO2. The van der Waals surface area contributed by atoms with Crippen LogP contribution >= 0.6 is 0 Å². The third kappa shape index (κ3) is 2.30. The first kappa shape index (κ1) is 12.2. The summed E-state index contributed by atoms with van der Waals surface area (Å²) in [7, 11) is 0. The van der Waals surface area contributed by atoms with Gasteiger partial charge < -0.3 is 5.11 Å². The van der Waals surface area contributed by atoms with E-state index in [9.17, 15) is 5.11 Å². The number of hydrogen-bond acceptors (Lipinski definition) is 3. The summed E-state index contributed by atoms with van der Waals surface area (Å²) in [5.74, 6) is 0.521. The lowest BCUT2D eigenvalue weighted by atomic mass is 9.82. The van der Waals surface area contributed by atoms with Crippen LogP contribution in [0.2, 0.25) is 0 Å². The highest BCUT2D eigenvalue weighted by Gasteiger charge is 2.43. The maximum atomic E-state index is 9.63. The lowest BCUT2D eigenvalue weighted by molar-refractivity contribution is -0.176. The van der Waals surface area contributed by atoms with E-state index in [1.807, 2.05) is 23.3 Å². The molecule has 2 fully saturated rings.